The highest BCUT2D eigenvalue weighted by atomic mass is 16.5. The molecule has 72 valence electrons. The summed E-state index contributed by atoms with van der Waals surface area (Å²) in [5, 5.41) is 20.4. The van der Waals surface area contributed by atoms with Gasteiger partial charge in [0.1, 0.15) is 0 Å². The van der Waals surface area contributed by atoms with Crippen LogP contribution in [0.2, 0.25) is 0 Å². The Morgan fingerprint density at radius 2 is 0.786 bits per heavy atom. The van der Waals surface area contributed by atoms with E-state index in [1.807, 2.05) is 0 Å². The molecule has 0 aliphatic heterocycles. The second-order valence-corrected chi connectivity index (χ2v) is 2.47. The van der Waals surface area contributed by atoms with Crippen LogP contribution in [0.5, 0.6) is 0 Å². The van der Waals surface area contributed by atoms with Crippen molar-refractivity contribution in [2.45, 2.75) is 0 Å². The van der Waals surface area contributed by atoms with Gasteiger partial charge in [-0.2, -0.15) is 9.46 Å². The molecule has 0 radical (unpaired) electrons. The van der Waals surface area contributed by atoms with Crippen LogP contribution in [0.4, 0.5) is 0 Å². The van der Waals surface area contributed by atoms with Gasteiger partial charge in [-0.05, 0) is 0 Å². The third kappa shape index (κ3) is 4.06. The molecule has 2 aromatic heterocycles. The van der Waals surface area contributed by atoms with E-state index in [9.17, 15) is 10.4 Å². The third-order valence-corrected chi connectivity index (χ3v) is 1.38. The van der Waals surface area contributed by atoms with Crippen LogP contribution in [0.3, 0.4) is 0 Å². The highest BCUT2D eigenvalue weighted by molar-refractivity contribution is 4.84. The highest BCUT2D eigenvalue weighted by Gasteiger charge is 1.75. The van der Waals surface area contributed by atoms with Crippen LogP contribution in [-0.4, -0.2) is 0 Å². The van der Waals surface area contributed by atoms with Gasteiger partial charge in [-0.3, -0.25) is 0 Å². The Balaban J connectivity index is 0.000000140. The van der Waals surface area contributed by atoms with Gasteiger partial charge in [-0.25, -0.2) is 0 Å². The van der Waals surface area contributed by atoms with Crippen molar-refractivity contribution in [1.29, 1.82) is 0 Å². The van der Waals surface area contributed by atoms with Gasteiger partial charge >= 0.3 is 0 Å². The molecule has 4 nitrogen and oxygen atoms in total. The Kier molecular flexibility index (Phi) is 3.94. The number of hydrogen-bond donors (Lipinski definition) is 0. The molecule has 14 heavy (non-hydrogen) atoms. The quantitative estimate of drug-likeness (QED) is 0.452. The van der Waals surface area contributed by atoms with Gasteiger partial charge in [-0.15, -0.1) is 0 Å². The fourth-order valence-corrected chi connectivity index (χ4v) is 0.766. The van der Waals surface area contributed by atoms with Gasteiger partial charge in [0, 0.05) is 24.3 Å². The topological polar surface area (TPSA) is 53.9 Å². The van der Waals surface area contributed by atoms with Gasteiger partial charge in [0.15, 0.2) is 24.8 Å². The first kappa shape index (κ1) is 9.98. The maximum Gasteiger partial charge on any atom is 0.180 e. The lowest BCUT2D eigenvalue weighted by Crippen LogP contribution is -2.22. The summed E-state index contributed by atoms with van der Waals surface area (Å²) in [6.07, 6.45) is 5.78. The fraction of sp³-hybridized carbons (Fsp3) is 0. The van der Waals surface area contributed by atoms with Crippen LogP contribution < -0.4 is 9.46 Å². The normalized spacial score (nSPS) is 8.57. The molecule has 0 amide bonds. The standard InChI is InChI=1S/2C5H5NO/c2*7-6-4-2-1-3-5-6/h2*1-5H. The molecule has 0 bridgehead atoms. The van der Waals surface area contributed by atoms with Crippen molar-refractivity contribution >= 4 is 0 Å². The molecule has 0 spiro atoms. The van der Waals surface area contributed by atoms with E-state index in [0.29, 0.717) is 0 Å². The summed E-state index contributed by atoms with van der Waals surface area (Å²) in [7, 11) is 0. The Morgan fingerprint density at radius 1 is 0.500 bits per heavy atom. The zero-order valence-corrected chi connectivity index (χ0v) is 7.48. The molecule has 4 heteroatoms. The van der Waals surface area contributed by atoms with Crippen molar-refractivity contribution in [3.05, 3.63) is 71.6 Å². The van der Waals surface area contributed by atoms with Crippen LogP contribution in [0.25, 0.3) is 0 Å². The van der Waals surface area contributed by atoms with Gasteiger partial charge in [0.25, 0.3) is 0 Å². The summed E-state index contributed by atoms with van der Waals surface area (Å²) in [6, 6.07) is 10.4. The first-order chi connectivity index (χ1) is 6.79. The molecule has 0 saturated heterocycles. The van der Waals surface area contributed by atoms with Crippen molar-refractivity contribution in [2.75, 3.05) is 0 Å². The van der Waals surface area contributed by atoms with E-state index in [2.05, 4.69) is 0 Å². The monoisotopic (exact) mass is 190 g/mol. The number of nitrogens with zero attached hydrogens (tertiary/aromatic N) is 2. The van der Waals surface area contributed by atoms with E-state index in [1.54, 1.807) is 36.4 Å². The van der Waals surface area contributed by atoms with Crippen LogP contribution in [0.1, 0.15) is 0 Å². The molecule has 0 atom stereocenters. The molecule has 2 heterocycles. The summed E-state index contributed by atoms with van der Waals surface area (Å²) >= 11 is 0. The minimum atomic E-state index is 0.750. The smallest absolute Gasteiger partial charge is 0.180 e. The van der Waals surface area contributed by atoms with Crippen LogP contribution in [0.15, 0.2) is 61.2 Å². The van der Waals surface area contributed by atoms with E-state index in [1.165, 1.54) is 24.8 Å². The largest absolute Gasteiger partial charge is 0.619 e. The highest BCUT2D eigenvalue weighted by Crippen LogP contribution is 1.72. The average molecular weight is 190 g/mol. The molecular formula is C10H10N2O2. The summed E-state index contributed by atoms with van der Waals surface area (Å²) in [4.78, 5) is 0. The van der Waals surface area contributed by atoms with Crippen molar-refractivity contribution in [3.63, 3.8) is 0 Å². The van der Waals surface area contributed by atoms with E-state index in [-0.39, 0.29) is 0 Å². The number of hydrogen-bond acceptors (Lipinski definition) is 2. The Morgan fingerprint density at radius 3 is 0.929 bits per heavy atom. The third-order valence-electron chi connectivity index (χ3n) is 1.38. The van der Waals surface area contributed by atoms with Crippen LogP contribution in [0, 0.1) is 10.4 Å². The molecular weight excluding hydrogens is 180 g/mol. The molecule has 0 unspecified atom stereocenters. The second kappa shape index (κ2) is 5.53. The van der Waals surface area contributed by atoms with Crippen molar-refractivity contribution in [2.24, 2.45) is 0 Å². The lowest BCUT2D eigenvalue weighted by molar-refractivity contribution is -0.605. The summed E-state index contributed by atoms with van der Waals surface area (Å²) in [5.41, 5.74) is 0. The van der Waals surface area contributed by atoms with Crippen LogP contribution >= 0.6 is 0 Å². The van der Waals surface area contributed by atoms with Gasteiger partial charge in [0.2, 0.25) is 0 Å². The lowest BCUT2D eigenvalue weighted by atomic mass is 10.5. The Bertz CT molecular complexity index is 314. The van der Waals surface area contributed by atoms with Gasteiger partial charge in [-0.1, -0.05) is 12.1 Å². The maximum atomic E-state index is 10.2. The second-order valence-electron chi connectivity index (χ2n) is 2.47. The SMILES string of the molecule is [O-][n+]1ccccc1.[O-][n+]1ccccc1. The summed E-state index contributed by atoms with van der Waals surface area (Å²) in [5.74, 6) is 0. The fourth-order valence-electron chi connectivity index (χ4n) is 0.766. The predicted molar refractivity (Wildman–Crippen MR) is 50.8 cm³/mol. The first-order valence-corrected chi connectivity index (χ1v) is 4.06. The molecule has 0 aromatic carbocycles. The van der Waals surface area contributed by atoms with E-state index in [4.69, 9.17) is 0 Å². The van der Waals surface area contributed by atoms with Crippen molar-refractivity contribution in [3.8, 4) is 0 Å². The Labute approximate surface area is 81.9 Å². The van der Waals surface area contributed by atoms with Crippen LogP contribution in [-0.2, 0) is 0 Å². The molecule has 0 saturated carbocycles. The number of pyridine rings is 2. The molecule has 0 fully saturated rings. The van der Waals surface area contributed by atoms with Gasteiger partial charge < -0.3 is 10.4 Å². The van der Waals surface area contributed by atoms with Crippen molar-refractivity contribution in [1.82, 2.24) is 0 Å². The molecule has 0 aliphatic carbocycles. The zero-order chi connectivity index (χ0) is 10.2. The molecule has 0 aliphatic rings. The lowest BCUT2D eigenvalue weighted by Gasteiger charge is -1.88. The average Bonchev–Trinajstić information content (AvgIpc) is 2.21. The molecule has 2 aromatic rings. The predicted octanol–water partition coefficient (Wildman–Crippen LogP) is 0.640. The van der Waals surface area contributed by atoms with Crippen molar-refractivity contribution < 1.29 is 9.46 Å². The maximum absolute atomic E-state index is 10.2. The van der Waals surface area contributed by atoms with Gasteiger partial charge in [0.05, 0.1) is 0 Å². The summed E-state index contributed by atoms with van der Waals surface area (Å²) < 4.78 is 1.50. The minimum absolute atomic E-state index is 0.750. The number of aromatic nitrogens is 2. The molecule has 2 rings (SSSR count). The zero-order valence-electron chi connectivity index (χ0n) is 7.48. The number of rotatable bonds is 0. The molecule has 0 N–H and O–H groups in total. The summed E-state index contributed by atoms with van der Waals surface area (Å²) in [6.45, 7) is 0. The van der Waals surface area contributed by atoms with E-state index >= 15 is 0 Å². The van der Waals surface area contributed by atoms with E-state index in [0.717, 1.165) is 9.46 Å². The minimum Gasteiger partial charge on any atom is -0.619 e. The Hall–Kier alpha value is -2.10. The first-order valence-electron chi connectivity index (χ1n) is 4.06. The van der Waals surface area contributed by atoms with E-state index < -0.39 is 0 Å².